The summed E-state index contributed by atoms with van der Waals surface area (Å²) in [5, 5.41) is 6.49. The molecule has 0 aromatic heterocycles. The molecule has 2 saturated heterocycles. The van der Waals surface area contributed by atoms with E-state index in [9.17, 15) is 9.59 Å². The van der Waals surface area contributed by atoms with E-state index in [4.69, 9.17) is 0 Å². The van der Waals surface area contributed by atoms with Gasteiger partial charge in [-0.1, -0.05) is 13.8 Å². The zero-order valence-electron chi connectivity index (χ0n) is 14.5. The Morgan fingerprint density at radius 2 is 1.96 bits per heavy atom. The molecule has 0 saturated carbocycles. The number of nitrogens with one attached hydrogen (secondary N) is 2. The van der Waals surface area contributed by atoms with Gasteiger partial charge in [-0.25, -0.2) is 0 Å². The van der Waals surface area contributed by atoms with Gasteiger partial charge in [-0.3, -0.25) is 9.59 Å². The van der Waals surface area contributed by atoms with Crippen LogP contribution in [-0.2, 0) is 9.59 Å². The minimum absolute atomic E-state index is 0. The smallest absolute Gasteiger partial charge is 0.242 e. The first-order chi connectivity index (χ1) is 10.6. The van der Waals surface area contributed by atoms with Crippen molar-refractivity contribution in [3.63, 3.8) is 0 Å². The molecule has 6 heteroatoms. The van der Waals surface area contributed by atoms with E-state index in [1.807, 2.05) is 11.8 Å². The number of halogens is 1. The van der Waals surface area contributed by atoms with Crippen LogP contribution < -0.4 is 10.6 Å². The third-order valence-corrected chi connectivity index (χ3v) is 5.09. The van der Waals surface area contributed by atoms with Gasteiger partial charge in [0.2, 0.25) is 11.8 Å². The third-order valence-electron chi connectivity index (χ3n) is 5.09. The quantitative estimate of drug-likeness (QED) is 0.802. The van der Waals surface area contributed by atoms with Crippen molar-refractivity contribution in [1.29, 1.82) is 0 Å². The lowest BCUT2D eigenvalue weighted by Gasteiger charge is -2.37. The zero-order valence-corrected chi connectivity index (χ0v) is 15.3. The molecule has 23 heavy (non-hydrogen) atoms. The Kier molecular flexibility index (Phi) is 8.34. The minimum atomic E-state index is -0.252. The molecular formula is C17H32ClN3O2. The lowest BCUT2D eigenvalue weighted by atomic mass is 9.81. The normalized spacial score (nSPS) is 23.7. The topological polar surface area (TPSA) is 61.4 Å². The Bertz CT molecular complexity index is 397. The van der Waals surface area contributed by atoms with E-state index in [1.54, 1.807) is 0 Å². The molecule has 1 atom stereocenters. The van der Waals surface area contributed by atoms with E-state index in [0.29, 0.717) is 6.42 Å². The fraction of sp³-hybridized carbons (Fsp3) is 0.882. The molecule has 0 aromatic carbocycles. The number of hydrogen-bond acceptors (Lipinski definition) is 3. The number of piperidine rings is 2. The van der Waals surface area contributed by atoms with Crippen LogP contribution in [-0.4, -0.2) is 48.9 Å². The average Bonchev–Trinajstić information content (AvgIpc) is 2.53. The minimum Gasteiger partial charge on any atom is -0.354 e. The molecule has 2 heterocycles. The molecule has 134 valence electrons. The van der Waals surface area contributed by atoms with Crippen LogP contribution in [0, 0.1) is 5.41 Å². The van der Waals surface area contributed by atoms with Gasteiger partial charge in [-0.15, -0.1) is 12.4 Å². The fourth-order valence-corrected chi connectivity index (χ4v) is 3.49. The second kappa shape index (κ2) is 9.48. The molecular weight excluding hydrogens is 314 g/mol. The number of nitrogens with zero attached hydrogens (tertiary/aromatic N) is 1. The van der Waals surface area contributed by atoms with Gasteiger partial charge in [0, 0.05) is 19.5 Å². The molecule has 2 amide bonds. The van der Waals surface area contributed by atoms with Crippen LogP contribution in [0.5, 0.6) is 0 Å². The van der Waals surface area contributed by atoms with Gasteiger partial charge in [-0.05, 0) is 57.0 Å². The van der Waals surface area contributed by atoms with E-state index in [0.717, 1.165) is 64.7 Å². The highest BCUT2D eigenvalue weighted by Crippen LogP contribution is 2.27. The second-order valence-corrected chi connectivity index (χ2v) is 7.13. The number of amides is 2. The van der Waals surface area contributed by atoms with E-state index in [-0.39, 0.29) is 35.7 Å². The number of carbonyl (C=O) groups excluding carboxylic acids is 2. The van der Waals surface area contributed by atoms with Crippen LogP contribution in [0.15, 0.2) is 0 Å². The first kappa shape index (κ1) is 20.2. The molecule has 2 N–H and O–H groups in total. The predicted octanol–water partition coefficient (Wildman–Crippen LogP) is 2.10. The van der Waals surface area contributed by atoms with Crippen molar-refractivity contribution in [2.24, 2.45) is 5.41 Å². The van der Waals surface area contributed by atoms with Crippen molar-refractivity contribution >= 4 is 24.2 Å². The molecule has 0 bridgehead atoms. The van der Waals surface area contributed by atoms with E-state index in [2.05, 4.69) is 17.6 Å². The Labute approximate surface area is 146 Å². The lowest BCUT2D eigenvalue weighted by Crippen LogP contribution is -2.53. The first-order valence-corrected chi connectivity index (χ1v) is 8.84. The monoisotopic (exact) mass is 345 g/mol. The summed E-state index contributed by atoms with van der Waals surface area (Å²) in [6.07, 6.45) is 6.44. The van der Waals surface area contributed by atoms with Gasteiger partial charge in [-0.2, -0.15) is 0 Å². The number of rotatable bonds is 5. The molecule has 0 spiro atoms. The number of likely N-dealkylation sites (tertiary alicyclic amines) is 1. The largest absolute Gasteiger partial charge is 0.354 e. The Morgan fingerprint density at radius 1 is 1.26 bits per heavy atom. The zero-order chi connectivity index (χ0) is 16.0. The highest BCUT2D eigenvalue weighted by atomic mass is 35.5. The van der Waals surface area contributed by atoms with Gasteiger partial charge in [0.15, 0.2) is 0 Å². The van der Waals surface area contributed by atoms with Crippen LogP contribution in [0.3, 0.4) is 0 Å². The number of carbonyl (C=O) groups is 2. The lowest BCUT2D eigenvalue weighted by molar-refractivity contribution is -0.142. The Hall–Kier alpha value is -0.810. The highest BCUT2D eigenvalue weighted by Gasteiger charge is 2.33. The summed E-state index contributed by atoms with van der Waals surface area (Å²) in [6, 6.07) is -0.252. The molecule has 1 unspecified atom stereocenters. The maximum atomic E-state index is 12.6. The third kappa shape index (κ3) is 5.64. The van der Waals surface area contributed by atoms with E-state index < -0.39 is 0 Å². The number of hydrogen-bond donors (Lipinski definition) is 2. The molecule has 2 fully saturated rings. The van der Waals surface area contributed by atoms with Gasteiger partial charge in [0.1, 0.15) is 6.04 Å². The van der Waals surface area contributed by atoms with Crippen LogP contribution in [0.4, 0.5) is 0 Å². The summed E-state index contributed by atoms with van der Waals surface area (Å²) in [5.74, 6) is 0.180. The predicted molar refractivity (Wildman–Crippen MR) is 94.7 cm³/mol. The molecule has 2 aliphatic heterocycles. The van der Waals surface area contributed by atoms with Crippen LogP contribution in [0.25, 0.3) is 0 Å². The summed E-state index contributed by atoms with van der Waals surface area (Å²) in [4.78, 5) is 26.6. The maximum absolute atomic E-state index is 12.6. The molecule has 0 aromatic rings. The van der Waals surface area contributed by atoms with Crippen molar-refractivity contribution in [3.05, 3.63) is 0 Å². The van der Waals surface area contributed by atoms with Crippen molar-refractivity contribution in [2.75, 3.05) is 26.2 Å². The van der Waals surface area contributed by atoms with Crippen molar-refractivity contribution in [3.8, 4) is 0 Å². The van der Waals surface area contributed by atoms with Gasteiger partial charge in [0.05, 0.1) is 0 Å². The summed E-state index contributed by atoms with van der Waals surface area (Å²) < 4.78 is 0. The van der Waals surface area contributed by atoms with Crippen molar-refractivity contribution in [1.82, 2.24) is 15.5 Å². The summed E-state index contributed by atoms with van der Waals surface area (Å²) in [6.45, 7) is 7.76. The Balaban J connectivity index is 0.00000264. The molecule has 5 nitrogen and oxygen atoms in total. The average molecular weight is 346 g/mol. The summed E-state index contributed by atoms with van der Waals surface area (Å²) >= 11 is 0. The Morgan fingerprint density at radius 3 is 2.61 bits per heavy atom. The van der Waals surface area contributed by atoms with Gasteiger partial charge >= 0.3 is 0 Å². The molecule has 2 aliphatic rings. The van der Waals surface area contributed by atoms with E-state index in [1.165, 1.54) is 0 Å². The summed E-state index contributed by atoms with van der Waals surface area (Å²) in [7, 11) is 0. The molecule has 2 rings (SSSR count). The molecule has 0 radical (unpaired) electrons. The maximum Gasteiger partial charge on any atom is 0.242 e. The summed E-state index contributed by atoms with van der Waals surface area (Å²) in [5.41, 5.74) is 0.188. The van der Waals surface area contributed by atoms with Gasteiger partial charge < -0.3 is 15.5 Å². The standard InChI is InChI=1S/C17H31N3O2.ClH/c1-3-6-15(21)20-12-5-4-7-14(20)16(22)19-13-17(2)8-10-18-11-9-17;/h14,18H,3-13H2,1-2H3,(H,19,22);1H. The van der Waals surface area contributed by atoms with Gasteiger partial charge in [0.25, 0.3) is 0 Å². The van der Waals surface area contributed by atoms with Crippen LogP contribution in [0.2, 0.25) is 0 Å². The fourth-order valence-electron chi connectivity index (χ4n) is 3.49. The first-order valence-electron chi connectivity index (χ1n) is 8.84. The van der Waals surface area contributed by atoms with Crippen molar-refractivity contribution in [2.45, 2.75) is 64.8 Å². The molecule has 0 aliphatic carbocycles. The SMILES string of the molecule is CCCC(=O)N1CCCCC1C(=O)NCC1(C)CCNCC1.Cl. The van der Waals surface area contributed by atoms with Crippen LogP contribution >= 0.6 is 12.4 Å². The van der Waals surface area contributed by atoms with Crippen molar-refractivity contribution < 1.29 is 9.59 Å². The second-order valence-electron chi connectivity index (χ2n) is 7.13. The van der Waals surface area contributed by atoms with E-state index >= 15 is 0 Å². The highest BCUT2D eigenvalue weighted by molar-refractivity contribution is 5.87. The van der Waals surface area contributed by atoms with Crippen LogP contribution in [0.1, 0.15) is 58.8 Å².